The zero-order valence-corrected chi connectivity index (χ0v) is 9.82. The Morgan fingerprint density at radius 2 is 1.88 bits per heavy atom. The first-order valence-electron chi connectivity index (χ1n) is 4.85. The van der Waals surface area contributed by atoms with Gasteiger partial charge in [-0.25, -0.2) is 0 Å². The highest BCUT2D eigenvalue weighted by Gasteiger charge is 2.17. The third kappa shape index (κ3) is 1.92. The SMILES string of the molecule is CNc1ccc(S(=O)(=O)O)c2cccc(O)c12. The van der Waals surface area contributed by atoms with E-state index in [2.05, 4.69) is 5.32 Å². The Morgan fingerprint density at radius 3 is 2.47 bits per heavy atom. The van der Waals surface area contributed by atoms with Crippen molar-refractivity contribution in [1.29, 1.82) is 0 Å². The van der Waals surface area contributed by atoms with Gasteiger partial charge in [0.05, 0.1) is 0 Å². The molecule has 2 aromatic carbocycles. The van der Waals surface area contributed by atoms with E-state index >= 15 is 0 Å². The zero-order valence-electron chi connectivity index (χ0n) is 9.01. The topological polar surface area (TPSA) is 86.6 Å². The van der Waals surface area contributed by atoms with Crippen LogP contribution < -0.4 is 5.32 Å². The normalized spacial score (nSPS) is 11.6. The molecule has 0 saturated heterocycles. The van der Waals surface area contributed by atoms with E-state index in [1.807, 2.05) is 0 Å². The molecule has 5 nitrogen and oxygen atoms in total. The summed E-state index contributed by atoms with van der Waals surface area (Å²) >= 11 is 0. The summed E-state index contributed by atoms with van der Waals surface area (Å²) in [5.41, 5.74) is 0.588. The van der Waals surface area contributed by atoms with Crippen LogP contribution in [0.1, 0.15) is 0 Å². The predicted octanol–water partition coefficient (Wildman–Crippen LogP) is 1.83. The van der Waals surface area contributed by atoms with Crippen molar-refractivity contribution >= 4 is 26.6 Å². The number of anilines is 1. The number of hydrogen-bond acceptors (Lipinski definition) is 4. The average molecular weight is 253 g/mol. The molecule has 0 unspecified atom stereocenters. The number of benzene rings is 2. The summed E-state index contributed by atoms with van der Waals surface area (Å²) in [5.74, 6) is -0.0441. The number of hydrogen-bond donors (Lipinski definition) is 3. The minimum absolute atomic E-state index is 0.0441. The lowest BCUT2D eigenvalue weighted by atomic mass is 10.1. The summed E-state index contributed by atoms with van der Waals surface area (Å²) in [6.45, 7) is 0. The van der Waals surface area contributed by atoms with Crippen molar-refractivity contribution in [1.82, 2.24) is 0 Å². The largest absolute Gasteiger partial charge is 0.507 e. The molecular formula is C11H11NO4S. The lowest BCUT2D eigenvalue weighted by Gasteiger charge is -2.10. The lowest BCUT2D eigenvalue weighted by molar-refractivity contribution is 0.481. The summed E-state index contributed by atoms with van der Waals surface area (Å²) in [7, 11) is -2.65. The van der Waals surface area contributed by atoms with Crippen molar-refractivity contribution in [3.8, 4) is 5.75 Å². The summed E-state index contributed by atoms with van der Waals surface area (Å²) in [6, 6.07) is 7.29. The number of aromatic hydroxyl groups is 1. The number of phenols is 1. The van der Waals surface area contributed by atoms with Crippen LogP contribution in [0, 0.1) is 0 Å². The molecule has 0 aliphatic carbocycles. The van der Waals surface area contributed by atoms with Crippen molar-refractivity contribution in [2.45, 2.75) is 4.90 Å². The van der Waals surface area contributed by atoms with Gasteiger partial charge in [-0.2, -0.15) is 8.42 Å². The standard InChI is InChI=1S/C11H11NO4S/c1-12-8-5-6-10(17(14,15)16)7-3-2-4-9(13)11(7)8/h2-6,12-13H,1H3,(H,14,15,16). The van der Waals surface area contributed by atoms with Crippen LogP contribution in [0.15, 0.2) is 35.2 Å². The van der Waals surface area contributed by atoms with Gasteiger partial charge in [-0.15, -0.1) is 0 Å². The average Bonchev–Trinajstić information content (AvgIpc) is 2.26. The number of rotatable bonds is 2. The summed E-state index contributed by atoms with van der Waals surface area (Å²) in [5, 5.41) is 13.3. The van der Waals surface area contributed by atoms with Crippen LogP contribution in [-0.2, 0) is 10.1 Å². The van der Waals surface area contributed by atoms with Crippen molar-refractivity contribution in [3.63, 3.8) is 0 Å². The van der Waals surface area contributed by atoms with Crippen LogP contribution in [0.3, 0.4) is 0 Å². The Morgan fingerprint density at radius 1 is 1.18 bits per heavy atom. The van der Waals surface area contributed by atoms with Crippen LogP contribution in [-0.4, -0.2) is 25.1 Å². The van der Waals surface area contributed by atoms with Gasteiger partial charge in [0.15, 0.2) is 0 Å². The Labute approximate surface area is 98.5 Å². The molecule has 3 N–H and O–H groups in total. The van der Waals surface area contributed by atoms with Crippen molar-refractivity contribution in [2.24, 2.45) is 0 Å². The minimum atomic E-state index is -4.31. The van der Waals surface area contributed by atoms with Crippen molar-refractivity contribution < 1.29 is 18.1 Å². The van der Waals surface area contributed by atoms with Crippen molar-refractivity contribution in [2.75, 3.05) is 12.4 Å². The van der Waals surface area contributed by atoms with E-state index in [-0.39, 0.29) is 16.0 Å². The fourth-order valence-corrected chi connectivity index (χ4v) is 2.48. The van der Waals surface area contributed by atoms with Crippen LogP contribution >= 0.6 is 0 Å². The number of nitrogens with one attached hydrogen (secondary N) is 1. The maximum Gasteiger partial charge on any atom is 0.295 e. The summed E-state index contributed by atoms with van der Waals surface area (Å²) in [6.07, 6.45) is 0. The monoisotopic (exact) mass is 253 g/mol. The van der Waals surface area contributed by atoms with Crippen molar-refractivity contribution in [3.05, 3.63) is 30.3 Å². The van der Waals surface area contributed by atoms with Crippen LogP contribution in [0.2, 0.25) is 0 Å². The van der Waals surface area contributed by atoms with E-state index in [0.717, 1.165) is 0 Å². The molecular weight excluding hydrogens is 242 g/mol. The fraction of sp³-hybridized carbons (Fsp3) is 0.0909. The molecule has 2 rings (SSSR count). The molecule has 0 saturated carbocycles. The Bertz CT molecular complexity index is 679. The van der Waals surface area contributed by atoms with Crippen LogP contribution in [0.4, 0.5) is 5.69 Å². The molecule has 0 atom stereocenters. The second-order valence-corrected chi connectivity index (χ2v) is 4.93. The van der Waals surface area contributed by atoms with Gasteiger partial charge in [-0.1, -0.05) is 12.1 Å². The smallest absolute Gasteiger partial charge is 0.295 e. The maximum atomic E-state index is 11.2. The molecule has 0 spiro atoms. The van der Waals surface area contributed by atoms with Gasteiger partial charge in [0.2, 0.25) is 0 Å². The predicted molar refractivity (Wildman–Crippen MR) is 65.0 cm³/mol. The second-order valence-electron chi connectivity index (χ2n) is 3.54. The lowest BCUT2D eigenvalue weighted by Crippen LogP contribution is -2.00. The minimum Gasteiger partial charge on any atom is -0.507 e. The zero-order chi connectivity index (χ0) is 12.6. The molecule has 0 amide bonds. The highest BCUT2D eigenvalue weighted by atomic mass is 32.2. The molecule has 0 radical (unpaired) electrons. The first-order valence-corrected chi connectivity index (χ1v) is 6.29. The number of fused-ring (bicyclic) bond motifs is 1. The van der Waals surface area contributed by atoms with Crippen LogP contribution in [0.5, 0.6) is 5.75 Å². The Hall–Kier alpha value is -1.79. The third-order valence-electron chi connectivity index (χ3n) is 2.53. The van der Waals surface area contributed by atoms with Gasteiger partial charge in [0.1, 0.15) is 10.6 Å². The molecule has 0 heterocycles. The van der Waals surface area contributed by atoms with E-state index < -0.39 is 10.1 Å². The molecule has 0 fully saturated rings. The van der Waals surface area contributed by atoms with Gasteiger partial charge in [0, 0.05) is 23.5 Å². The first-order chi connectivity index (χ1) is 7.95. The summed E-state index contributed by atoms with van der Waals surface area (Å²) < 4.78 is 31.5. The quantitative estimate of drug-likeness (QED) is 0.711. The molecule has 0 aliphatic heterocycles. The van der Waals surface area contributed by atoms with Gasteiger partial charge >= 0.3 is 0 Å². The van der Waals surface area contributed by atoms with Gasteiger partial charge in [-0.05, 0) is 18.2 Å². The Balaban J connectivity index is 2.98. The second kappa shape index (κ2) is 3.90. The summed E-state index contributed by atoms with van der Waals surface area (Å²) in [4.78, 5) is -0.220. The molecule has 6 heteroatoms. The third-order valence-corrected chi connectivity index (χ3v) is 3.44. The van der Waals surface area contributed by atoms with E-state index in [0.29, 0.717) is 11.1 Å². The van der Waals surface area contributed by atoms with E-state index in [4.69, 9.17) is 4.55 Å². The van der Waals surface area contributed by atoms with Gasteiger partial charge in [0.25, 0.3) is 10.1 Å². The highest BCUT2D eigenvalue weighted by molar-refractivity contribution is 7.86. The maximum absolute atomic E-state index is 11.2. The molecule has 90 valence electrons. The van der Waals surface area contributed by atoms with Gasteiger partial charge < -0.3 is 10.4 Å². The van der Waals surface area contributed by atoms with Gasteiger partial charge in [-0.3, -0.25) is 4.55 Å². The van der Waals surface area contributed by atoms with E-state index in [1.165, 1.54) is 30.3 Å². The molecule has 0 aromatic heterocycles. The fourth-order valence-electron chi connectivity index (χ4n) is 1.79. The van der Waals surface area contributed by atoms with Crippen LogP contribution in [0.25, 0.3) is 10.8 Å². The molecule has 17 heavy (non-hydrogen) atoms. The highest BCUT2D eigenvalue weighted by Crippen LogP contribution is 2.35. The van der Waals surface area contributed by atoms with E-state index in [9.17, 15) is 13.5 Å². The molecule has 0 bridgehead atoms. The molecule has 0 aliphatic rings. The number of phenolic OH excluding ortho intramolecular Hbond substituents is 1. The Kier molecular flexibility index (Phi) is 2.68. The molecule has 2 aromatic rings. The first kappa shape index (κ1) is 11.7. The van der Waals surface area contributed by atoms with E-state index in [1.54, 1.807) is 7.05 Å².